The number of rotatable bonds is 7. The maximum absolute atomic E-state index is 14.6. The summed E-state index contributed by atoms with van der Waals surface area (Å²) in [7, 11) is 3.84. The van der Waals surface area contributed by atoms with Gasteiger partial charge in [-0.15, -0.1) is 0 Å². The molecule has 0 bridgehead atoms. The lowest BCUT2D eigenvalue weighted by atomic mass is 9.64. The predicted molar refractivity (Wildman–Crippen MR) is 157 cm³/mol. The summed E-state index contributed by atoms with van der Waals surface area (Å²) < 4.78 is 12.1. The van der Waals surface area contributed by atoms with Crippen LogP contribution in [0.25, 0.3) is 0 Å². The van der Waals surface area contributed by atoms with Gasteiger partial charge in [-0.05, 0) is 75.4 Å². The number of fused-ring (bicyclic) bond motifs is 2. The number of hydrogen-bond donors (Lipinski definition) is 2. The molecule has 7 atom stereocenters. The lowest BCUT2D eigenvalue weighted by molar-refractivity contribution is -0.152. The van der Waals surface area contributed by atoms with Crippen LogP contribution in [0.2, 0.25) is 0 Å². The van der Waals surface area contributed by atoms with Crippen molar-refractivity contribution in [1.29, 1.82) is 5.26 Å². The summed E-state index contributed by atoms with van der Waals surface area (Å²) in [5.41, 5.74) is 1.93. The molecule has 2 N–H and O–H groups in total. The van der Waals surface area contributed by atoms with Gasteiger partial charge in [0, 0.05) is 37.0 Å². The first-order chi connectivity index (χ1) is 20.4. The summed E-state index contributed by atoms with van der Waals surface area (Å²) in [5, 5.41) is 16.9. The van der Waals surface area contributed by atoms with Gasteiger partial charge >= 0.3 is 0 Å². The molecule has 3 heterocycles. The Kier molecular flexibility index (Phi) is 8.40. The standard InChI is InChI=1S/C32H44N6O4/c1-4-27(39)38-16-15-37(19-22(38)11-13-33)30-24-10-12-32(17-21-7-5-9-26(41-3)25(21)18-32)29(40)28(24)34-31(35-30)42-20-23-8-6-14-36(23)2/h4-5,7,9,22-24,28,30-31,34-35H,1,6,8,10-12,14-20H2,2-3H3. The van der Waals surface area contributed by atoms with Crippen molar-refractivity contribution < 1.29 is 19.1 Å². The van der Waals surface area contributed by atoms with E-state index in [4.69, 9.17) is 9.47 Å². The Hall–Kier alpha value is -2.81. The van der Waals surface area contributed by atoms with Crippen molar-refractivity contribution in [2.24, 2.45) is 11.3 Å². The number of carbonyl (C=O) groups excluding carboxylic acids is 2. The highest BCUT2D eigenvalue weighted by atomic mass is 16.5. The van der Waals surface area contributed by atoms with E-state index >= 15 is 0 Å². The van der Waals surface area contributed by atoms with Crippen LogP contribution >= 0.6 is 0 Å². The third-order valence-electron chi connectivity index (χ3n) is 10.6. The number of piperazine rings is 1. The second-order valence-electron chi connectivity index (χ2n) is 12.8. The van der Waals surface area contributed by atoms with Crippen LogP contribution in [0.4, 0.5) is 0 Å². The Morgan fingerprint density at radius 1 is 1.21 bits per heavy atom. The number of hydrogen-bond acceptors (Lipinski definition) is 9. The number of likely N-dealkylation sites (N-methyl/N-ethyl adjacent to an activating group) is 1. The SMILES string of the molecule is C=CC(=O)N1CCN(C2NC(OCC3CCCN3C)NC3C(=O)C4(CCC32)Cc2cccc(OC)c2C4)CC1CC#N. The molecule has 3 aliphatic heterocycles. The first-order valence-electron chi connectivity index (χ1n) is 15.4. The number of likely N-dealkylation sites (tertiary alicyclic amines) is 1. The molecule has 10 nitrogen and oxygen atoms in total. The van der Waals surface area contributed by atoms with Crippen molar-refractivity contribution in [1.82, 2.24) is 25.3 Å². The molecule has 0 aromatic heterocycles. The van der Waals surface area contributed by atoms with E-state index in [1.165, 1.54) is 18.1 Å². The molecule has 1 amide bonds. The third kappa shape index (κ3) is 5.26. The van der Waals surface area contributed by atoms with Crippen LogP contribution in [0.5, 0.6) is 5.75 Å². The first-order valence-corrected chi connectivity index (χ1v) is 15.4. The summed E-state index contributed by atoms with van der Waals surface area (Å²) in [6.07, 6.45) is 6.45. The van der Waals surface area contributed by atoms with E-state index in [1.54, 1.807) is 12.0 Å². The van der Waals surface area contributed by atoms with E-state index in [-0.39, 0.29) is 42.3 Å². The van der Waals surface area contributed by atoms with Gasteiger partial charge in [-0.3, -0.25) is 25.1 Å². The number of carbonyl (C=O) groups is 2. The van der Waals surface area contributed by atoms with E-state index in [0.29, 0.717) is 38.7 Å². The average Bonchev–Trinajstić information content (AvgIpc) is 3.60. The number of benzene rings is 1. The fourth-order valence-electron chi connectivity index (χ4n) is 8.26. The zero-order valence-electron chi connectivity index (χ0n) is 24.9. The fourth-order valence-corrected chi connectivity index (χ4v) is 8.26. The molecule has 7 unspecified atom stereocenters. The molecule has 10 heteroatoms. The zero-order valence-corrected chi connectivity index (χ0v) is 24.9. The van der Waals surface area contributed by atoms with Gasteiger partial charge in [-0.1, -0.05) is 18.7 Å². The van der Waals surface area contributed by atoms with Crippen LogP contribution in [0.1, 0.15) is 43.2 Å². The average molecular weight is 577 g/mol. The highest BCUT2D eigenvalue weighted by Crippen LogP contribution is 2.50. The van der Waals surface area contributed by atoms with Gasteiger partial charge in [-0.25, -0.2) is 0 Å². The van der Waals surface area contributed by atoms with Crippen molar-refractivity contribution in [3.63, 3.8) is 0 Å². The lowest BCUT2D eigenvalue weighted by Gasteiger charge is -2.54. The third-order valence-corrected chi connectivity index (χ3v) is 10.6. The molecule has 1 spiro atoms. The van der Waals surface area contributed by atoms with E-state index in [0.717, 1.165) is 43.5 Å². The van der Waals surface area contributed by atoms with Crippen LogP contribution < -0.4 is 15.4 Å². The Morgan fingerprint density at radius 2 is 2.07 bits per heavy atom. The van der Waals surface area contributed by atoms with Crippen LogP contribution in [-0.2, 0) is 27.2 Å². The normalized spacial score (nSPS) is 35.1. The van der Waals surface area contributed by atoms with Crippen molar-refractivity contribution in [2.75, 3.05) is 46.9 Å². The number of nitrogens with one attached hydrogen (secondary N) is 2. The summed E-state index contributed by atoms with van der Waals surface area (Å²) >= 11 is 0. The van der Waals surface area contributed by atoms with Gasteiger partial charge in [0.15, 0.2) is 12.1 Å². The monoisotopic (exact) mass is 576 g/mol. The Balaban J connectivity index is 1.25. The molecule has 42 heavy (non-hydrogen) atoms. The summed E-state index contributed by atoms with van der Waals surface area (Å²) in [6.45, 7) is 7.06. The number of ketones is 1. The quantitative estimate of drug-likeness (QED) is 0.469. The molecule has 226 valence electrons. The molecular weight excluding hydrogens is 532 g/mol. The van der Waals surface area contributed by atoms with Gasteiger partial charge < -0.3 is 19.3 Å². The number of Topliss-reactive ketones (excluding diaryl/α,β-unsaturated/α-hetero) is 1. The second kappa shape index (κ2) is 12.1. The zero-order chi connectivity index (χ0) is 29.4. The molecule has 5 aliphatic rings. The second-order valence-corrected chi connectivity index (χ2v) is 12.8. The molecule has 2 aliphatic carbocycles. The minimum absolute atomic E-state index is 0.0483. The largest absolute Gasteiger partial charge is 0.496 e. The highest BCUT2D eigenvalue weighted by molar-refractivity contribution is 5.92. The molecule has 1 aromatic carbocycles. The summed E-state index contributed by atoms with van der Waals surface area (Å²) in [4.78, 5) is 33.6. The Bertz CT molecular complexity index is 1250. The number of amides is 1. The smallest absolute Gasteiger partial charge is 0.246 e. The van der Waals surface area contributed by atoms with Crippen molar-refractivity contribution >= 4 is 11.7 Å². The van der Waals surface area contributed by atoms with Gasteiger partial charge in [0.2, 0.25) is 5.91 Å². The highest BCUT2D eigenvalue weighted by Gasteiger charge is 2.56. The maximum Gasteiger partial charge on any atom is 0.246 e. The van der Waals surface area contributed by atoms with Crippen LogP contribution in [0, 0.1) is 22.7 Å². The Morgan fingerprint density at radius 3 is 2.81 bits per heavy atom. The number of nitriles is 1. The minimum atomic E-state index is -0.468. The van der Waals surface area contributed by atoms with E-state index in [2.05, 4.69) is 46.2 Å². The molecule has 3 saturated heterocycles. The molecule has 1 saturated carbocycles. The van der Waals surface area contributed by atoms with Crippen LogP contribution in [0.15, 0.2) is 30.9 Å². The number of ether oxygens (including phenoxy) is 2. The van der Waals surface area contributed by atoms with Crippen molar-refractivity contribution in [2.45, 2.75) is 75.6 Å². The topological polar surface area (TPSA) is 110 Å². The number of methoxy groups -OCH3 is 1. The van der Waals surface area contributed by atoms with Gasteiger partial charge in [-0.2, -0.15) is 5.26 Å². The molecular formula is C32H44N6O4. The van der Waals surface area contributed by atoms with Crippen LogP contribution in [0.3, 0.4) is 0 Å². The van der Waals surface area contributed by atoms with Gasteiger partial charge in [0.05, 0.1) is 44.5 Å². The lowest BCUT2D eigenvalue weighted by Crippen LogP contribution is -2.74. The van der Waals surface area contributed by atoms with E-state index < -0.39 is 11.8 Å². The fraction of sp³-hybridized carbons (Fsp3) is 0.656. The molecule has 1 aromatic rings. The van der Waals surface area contributed by atoms with Gasteiger partial charge in [0.25, 0.3) is 0 Å². The summed E-state index contributed by atoms with van der Waals surface area (Å²) in [6, 6.07) is 8.20. The van der Waals surface area contributed by atoms with E-state index in [1.807, 2.05) is 12.1 Å². The first kappa shape index (κ1) is 29.3. The van der Waals surface area contributed by atoms with Crippen LogP contribution in [-0.4, -0.2) is 104 Å². The number of nitrogens with zero attached hydrogens (tertiary/aromatic N) is 4. The van der Waals surface area contributed by atoms with E-state index in [9.17, 15) is 14.9 Å². The molecule has 4 fully saturated rings. The van der Waals surface area contributed by atoms with Gasteiger partial charge in [0.1, 0.15) is 5.75 Å². The molecule has 6 rings (SSSR count). The summed E-state index contributed by atoms with van der Waals surface area (Å²) in [5.74, 6) is 1.04. The maximum atomic E-state index is 14.6. The molecule has 0 radical (unpaired) electrons. The Labute approximate surface area is 249 Å². The minimum Gasteiger partial charge on any atom is -0.496 e. The van der Waals surface area contributed by atoms with Crippen molar-refractivity contribution in [3.05, 3.63) is 42.0 Å². The van der Waals surface area contributed by atoms with Crippen molar-refractivity contribution in [3.8, 4) is 11.8 Å². The predicted octanol–water partition coefficient (Wildman–Crippen LogP) is 1.65.